The second-order valence-electron chi connectivity index (χ2n) is 16.1. The largest absolute Gasteiger partial charge is 0.310 e. The van der Waals surface area contributed by atoms with Crippen molar-refractivity contribution in [2.24, 2.45) is 0 Å². The molecule has 0 amide bonds. The van der Waals surface area contributed by atoms with Gasteiger partial charge in [0.05, 0.1) is 5.41 Å². The first kappa shape index (κ1) is 30.2. The average Bonchev–Trinajstić information content (AvgIpc) is 3.70. The van der Waals surface area contributed by atoms with E-state index in [4.69, 9.17) is 0 Å². The molecule has 0 radical (unpaired) electrons. The van der Waals surface area contributed by atoms with Crippen molar-refractivity contribution < 1.29 is 0 Å². The normalized spacial score (nSPS) is 15.1. The summed E-state index contributed by atoms with van der Waals surface area (Å²) in [5.41, 5.74) is 20.6. The molecular weight excluding hydrogens is 615 g/mol. The lowest BCUT2D eigenvalue weighted by Gasteiger charge is -2.32. The van der Waals surface area contributed by atoms with Crippen LogP contribution in [0, 0.1) is 0 Å². The van der Waals surface area contributed by atoms with Crippen molar-refractivity contribution in [3.8, 4) is 33.4 Å². The Morgan fingerprint density at radius 1 is 0.373 bits per heavy atom. The van der Waals surface area contributed by atoms with E-state index in [9.17, 15) is 0 Å². The third kappa shape index (κ3) is 4.04. The molecule has 0 unspecified atom stereocenters. The van der Waals surface area contributed by atoms with E-state index in [2.05, 4.69) is 197 Å². The molecule has 0 bridgehead atoms. The molecule has 0 aliphatic heterocycles. The topological polar surface area (TPSA) is 3.24 Å². The number of fused-ring (bicyclic) bond motifs is 13. The monoisotopic (exact) mass is 655 g/mol. The summed E-state index contributed by atoms with van der Waals surface area (Å²) in [6, 6.07) is 59.7. The summed E-state index contributed by atoms with van der Waals surface area (Å²) in [5, 5.41) is 0. The highest BCUT2D eigenvalue weighted by atomic mass is 15.1. The Hall–Kier alpha value is -5.66. The fourth-order valence-corrected chi connectivity index (χ4v) is 9.61. The van der Waals surface area contributed by atoms with Crippen molar-refractivity contribution in [2.75, 3.05) is 4.90 Å². The fraction of sp³-hybridized carbons (Fsp3) is 0.160. The summed E-state index contributed by atoms with van der Waals surface area (Å²) >= 11 is 0. The molecule has 1 spiro atoms. The Kier molecular flexibility index (Phi) is 6.18. The van der Waals surface area contributed by atoms with Crippen molar-refractivity contribution >= 4 is 17.1 Å². The van der Waals surface area contributed by atoms with Gasteiger partial charge in [0, 0.05) is 22.5 Å². The van der Waals surface area contributed by atoms with E-state index < -0.39 is 5.41 Å². The van der Waals surface area contributed by atoms with E-state index >= 15 is 0 Å². The molecule has 0 saturated heterocycles. The highest BCUT2D eigenvalue weighted by Crippen LogP contribution is 2.63. The molecule has 3 aliphatic rings. The van der Waals surface area contributed by atoms with Crippen LogP contribution in [0.5, 0.6) is 0 Å². The first-order valence-corrected chi connectivity index (χ1v) is 18.3. The van der Waals surface area contributed by atoms with Gasteiger partial charge in [-0.15, -0.1) is 0 Å². The summed E-state index contributed by atoms with van der Waals surface area (Å²) < 4.78 is 0. The molecule has 0 aromatic heterocycles. The van der Waals surface area contributed by atoms with Gasteiger partial charge in [-0.25, -0.2) is 0 Å². The van der Waals surface area contributed by atoms with E-state index in [1.165, 1.54) is 83.7 Å². The molecule has 1 nitrogen and oxygen atoms in total. The maximum absolute atomic E-state index is 2.50. The quantitative estimate of drug-likeness (QED) is 0.183. The first-order valence-electron chi connectivity index (χ1n) is 18.3. The molecule has 0 N–H and O–H groups in total. The molecular formula is C50H41N. The van der Waals surface area contributed by atoms with Gasteiger partial charge >= 0.3 is 0 Å². The highest BCUT2D eigenvalue weighted by Gasteiger charge is 2.51. The van der Waals surface area contributed by atoms with E-state index in [0.717, 1.165) is 5.69 Å². The molecule has 0 fully saturated rings. The molecule has 0 atom stereocenters. The number of benzene rings is 7. The van der Waals surface area contributed by atoms with Crippen LogP contribution in [0.4, 0.5) is 17.1 Å². The summed E-state index contributed by atoms with van der Waals surface area (Å²) in [6.07, 6.45) is 0. The summed E-state index contributed by atoms with van der Waals surface area (Å²) in [7, 11) is 0. The SMILES string of the molecule is CC(C)(C)c1ccc(N(c2ccc3c(c2)C(C)(C)c2ccccc2-3)c2ccc3c(c2)C2(c4ccccc4-c4ccccc42)c2ccccc2-3)cc1. The minimum atomic E-state index is -0.390. The summed E-state index contributed by atoms with van der Waals surface area (Å²) in [6.45, 7) is 11.6. The second kappa shape index (κ2) is 10.4. The van der Waals surface area contributed by atoms with Gasteiger partial charge in [-0.2, -0.15) is 0 Å². The first-order chi connectivity index (χ1) is 24.7. The predicted molar refractivity (Wildman–Crippen MR) is 214 cm³/mol. The Labute approximate surface area is 301 Å². The van der Waals surface area contributed by atoms with E-state index in [1.54, 1.807) is 0 Å². The third-order valence-electron chi connectivity index (χ3n) is 12.1. The Balaban J connectivity index is 1.23. The minimum absolute atomic E-state index is 0.0711. The van der Waals surface area contributed by atoms with Gasteiger partial charge in [-0.1, -0.05) is 156 Å². The standard InChI is InChI=1S/C50H41N/c1-48(2,3)32-22-24-33(25-23-32)51(34-26-28-40-36-14-6-10-18-42(36)49(4,5)46(40)30-34)35-27-29-41-39-17-9-13-21-45(39)50(47(41)31-35)43-19-11-7-15-37(43)38-16-8-12-20-44(38)50/h6-31H,1-5H3. The molecule has 246 valence electrons. The van der Waals surface area contributed by atoms with Crippen molar-refractivity contribution in [1.82, 2.24) is 0 Å². The van der Waals surface area contributed by atoms with Crippen LogP contribution in [0.25, 0.3) is 33.4 Å². The predicted octanol–water partition coefficient (Wildman–Crippen LogP) is 13.1. The van der Waals surface area contributed by atoms with E-state index in [0.29, 0.717) is 0 Å². The Morgan fingerprint density at radius 2 is 0.745 bits per heavy atom. The van der Waals surface area contributed by atoms with Crippen LogP contribution in [0.2, 0.25) is 0 Å². The average molecular weight is 656 g/mol. The number of hydrogen-bond acceptors (Lipinski definition) is 1. The molecule has 10 rings (SSSR count). The lowest BCUT2D eigenvalue weighted by Crippen LogP contribution is -2.26. The molecule has 7 aromatic carbocycles. The van der Waals surface area contributed by atoms with E-state index in [-0.39, 0.29) is 10.8 Å². The molecule has 7 aromatic rings. The molecule has 51 heavy (non-hydrogen) atoms. The zero-order valence-corrected chi connectivity index (χ0v) is 30.0. The molecule has 3 aliphatic carbocycles. The molecule has 1 heteroatoms. The lowest BCUT2D eigenvalue weighted by molar-refractivity contribution is 0.590. The molecule has 0 heterocycles. The van der Waals surface area contributed by atoms with Crippen LogP contribution in [0.3, 0.4) is 0 Å². The van der Waals surface area contributed by atoms with Crippen molar-refractivity contribution in [2.45, 2.75) is 50.9 Å². The third-order valence-corrected chi connectivity index (χ3v) is 12.1. The Bertz CT molecular complexity index is 2480. The summed E-state index contributed by atoms with van der Waals surface area (Å²) in [4.78, 5) is 2.48. The zero-order chi connectivity index (χ0) is 34.7. The van der Waals surface area contributed by atoms with Gasteiger partial charge in [-0.05, 0) is 114 Å². The van der Waals surface area contributed by atoms with Crippen molar-refractivity contribution in [1.29, 1.82) is 0 Å². The minimum Gasteiger partial charge on any atom is -0.310 e. The fourth-order valence-electron chi connectivity index (χ4n) is 9.61. The van der Waals surface area contributed by atoms with Crippen molar-refractivity contribution in [3.63, 3.8) is 0 Å². The van der Waals surface area contributed by atoms with Gasteiger partial charge in [0.15, 0.2) is 0 Å². The molecule has 0 saturated carbocycles. The highest BCUT2D eigenvalue weighted by molar-refractivity contribution is 5.96. The van der Waals surface area contributed by atoms with Crippen LogP contribution in [0.15, 0.2) is 158 Å². The van der Waals surface area contributed by atoms with Crippen LogP contribution in [-0.2, 0) is 16.2 Å². The number of hydrogen-bond donors (Lipinski definition) is 0. The van der Waals surface area contributed by atoms with Crippen LogP contribution in [-0.4, -0.2) is 0 Å². The van der Waals surface area contributed by atoms with Crippen molar-refractivity contribution in [3.05, 3.63) is 197 Å². The van der Waals surface area contributed by atoms with Gasteiger partial charge in [-0.3, -0.25) is 0 Å². The second-order valence-corrected chi connectivity index (χ2v) is 16.1. The lowest BCUT2D eigenvalue weighted by atomic mass is 9.70. The number of rotatable bonds is 3. The van der Waals surface area contributed by atoms with Crippen LogP contribution < -0.4 is 4.90 Å². The van der Waals surface area contributed by atoms with Gasteiger partial charge in [0.25, 0.3) is 0 Å². The summed E-state index contributed by atoms with van der Waals surface area (Å²) in [5.74, 6) is 0. The maximum atomic E-state index is 2.50. The number of anilines is 3. The van der Waals surface area contributed by atoms with Crippen LogP contribution in [0.1, 0.15) is 73.6 Å². The Morgan fingerprint density at radius 3 is 1.24 bits per heavy atom. The maximum Gasteiger partial charge on any atom is 0.0726 e. The van der Waals surface area contributed by atoms with Gasteiger partial charge < -0.3 is 4.90 Å². The number of nitrogens with zero attached hydrogens (tertiary/aromatic N) is 1. The zero-order valence-electron chi connectivity index (χ0n) is 30.0. The van der Waals surface area contributed by atoms with Crippen LogP contribution >= 0.6 is 0 Å². The van der Waals surface area contributed by atoms with Gasteiger partial charge in [0.2, 0.25) is 0 Å². The smallest absolute Gasteiger partial charge is 0.0726 e. The van der Waals surface area contributed by atoms with Gasteiger partial charge in [0.1, 0.15) is 0 Å². The van der Waals surface area contributed by atoms with E-state index in [1.807, 2.05) is 0 Å².